The molecule has 13 heavy (non-hydrogen) atoms. The fraction of sp³-hybridized carbons (Fsp3) is 0.300. The molecular formula is C10H9BrN2. The Morgan fingerprint density at radius 1 is 1.46 bits per heavy atom. The van der Waals surface area contributed by atoms with Crippen molar-refractivity contribution in [2.45, 2.75) is 12.8 Å². The van der Waals surface area contributed by atoms with Crippen LogP contribution in [0.4, 0.5) is 0 Å². The van der Waals surface area contributed by atoms with E-state index in [-0.39, 0.29) is 0 Å². The molecule has 0 N–H and O–H groups in total. The molecule has 66 valence electrons. The van der Waals surface area contributed by atoms with Gasteiger partial charge >= 0.3 is 0 Å². The van der Waals surface area contributed by atoms with Crippen LogP contribution in [-0.4, -0.2) is 11.4 Å². The molecular weight excluding hydrogens is 228 g/mol. The molecule has 2 aliphatic rings. The number of nitrogens with zero attached hydrogens (tertiary/aromatic N) is 2. The predicted molar refractivity (Wildman–Crippen MR) is 54.7 cm³/mol. The fourth-order valence-electron chi connectivity index (χ4n) is 1.64. The van der Waals surface area contributed by atoms with Gasteiger partial charge in [-0.1, -0.05) is 0 Å². The molecule has 0 aromatic rings. The summed E-state index contributed by atoms with van der Waals surface area (Å²) in [6.45, 7) is 1.01. The van der Waals surface area contributed by atoms with Crippen molar-refractivity contribution in [3.05, 3.63) is 34.1 Å². The Morgan fingerprint density at radius 3 is 3.08 bits per heavy atom. The topological polar surface area (TPSA) is 27.0 Å². The van der Waals surface area contributed by atoms with Gasteiger partial charge in [0, 0.05) is 17.2 Å². The van der Waals surface area contributed by atoms with Crippen molar-refractivity contribution in [3.8, 4) is 6.07 Å². The molecule has 2 aliphatic heterocycles. The van der Waals surface area contributed by atoms with Crippen molar-refractivity contribution in [1.82, 2.24) is 4.90 Å². The first-order valence-electron chi connectivity index (χ1n) is 4.26. The van der Waals surface area contributed by atoms with Crippen LogP contribution in [0.5, 0.6) is 0 Å². The number of halogens is 1. The van der Waals surface area contributed by atoms with Crippen LogP contribution < -0.4 is 0 Å². The molecule has 0 aromatic heterocycles. The van der Waals surface area contributed by atoms with Gasteiger partial charge in [0.25, 0.3) is 0 Å². The summed E-state index contributed by atoms with van der Waals surface area (Å²) in [5.41, 5.74) is 1.97. The second-order valence-electron chi connectivity index (χ2n) is 3.12. The molecule has 0 spiro atoms. The number of hydrogen-bond donors (Lipinski definition) is 0. The Kier molecular flexibility index (Phi) is 2.24. The third kappa shape index (κ3) is 1.54. The predicted octanol–water partition coefficient (Wildman–Crippen LogP) is 2.67. The number of allylic oxidation sites excluding steroid dienone is 4. The molecule has 0 saturated carbocycles. The maximum absolute atomic E-state index is 8.90. The maximum atomic E-state index is 8.90. The maximum Gasteiger partial charge on any atom is 0.0969 e. The number of rotatable bonds is 0. The van der Waals surface area contributed by atoms with Crippen LogP contribution in [0.25, 0.3) is 0 Å². The average Bonchev–Trinajstić information content (AvgIpc) is 2.16. The van der Waals surface area contributed by atoms with Gasteiger partial charge in [-0.05, 0) is 40.9 Å². The van der Waals surface area contributed by atoms with Gasteiger partial charge in [0.2, 0.25) is 0 Å². The second-order valence-corrected chi connectivity index (χ2v) is 4.04. The van der Waals surface area contributed by atoms with Gasteiger partial charge in [-0.2, -0.15) is 5.26 Å². The molecule has 0 fully saturated rings. The first-order valence-corrected chi connectivity index (χ1v) is 5.06. The summed E-state index contributed by atoms with van der Waals surface area (Å²) in [4.78, 5) is 2.13. The summed E-state index contributed by atoms with van der Waals surface area (Å²) >= 11 is 3.42. The van der Waals surface area contributed by atoms with Crippen LogP contribution in [-0.2, 0) is 0 Å². The average molecular weight is 237 g/mol. The molecule has 3 heteroatoms. The smallest absolute Gasteiger partial charge is 0.0969 e. The quantitative estimate of drug-likeness (QED) is 0.647. The third-order valence-electron chi connectivity index (χ3n) is 2.26. The van der Waals surface area contributed by atoms with Gasteiger partial charge in [0.05, 0.1) is 17.3 Å². The molecule has 0 aliphatic carbocycles. The van der Waals surface area contributed by atoms with Crippen LogP contribution in [0.3, 0.4) is 0 Å². The Balaban J connectivity index is 2.41. The Morgan fingerprint density at radius 2 is 2.31 bits per heavy atom. The number of nitriles is 1. The highest BCUT2D eigenvalue weighted by Crippen LogP contribution is 2.28. The molecule has 2 nitrogen and oxygen atoms in total. The van der Waals surface area contributed by atoms with Crippen LogP contribution >= 0.6 is 15.9 Å². The van der Waals surface area contributed by atoms with Crippen LogP contribution in [0.2, 0.25) is 0 Å². The molecule has 0 aromatic carbocycles. The molecule has 0 bridgehead atoms. The minimum absolute atomic E-state index is 0.902. The molecule has 0 amide bonds. The highest BCUT2D eigenvalue weighted by Gasteiger charge is 2.18. The number of fused-ring (bicyclic) bond motifs is 1. The summed E-state index contributed by atoms with van der Waals surface area (Å²) in [5.74, 6) is 0. The first kappa shape index (κ1) is 8.58. The summed E-state index contributed by atoms with van der Waals surface area (Å²) in [6, 6.07) is 2.26. The first-order chi connectivity index (χ1) is 6.31. The molecule has 0 radical (unpaired) electrons. The molecule has 0 unspecified atom stereocenters. The third-order valence-corrected chi connectivity index (χ3v) is 2.73. The van der Waals surface area contributed by atoms with E-state index in [2.05, 4.69) is 26.9 Å². The van der Waals surface area contributed by atoms with Gasteiger partial charge in [-0.15, -0.1) is 0 Å². The van der Waals surface area contributed by atoms with E-state index >= 15 is 0 Å². The SMILES string of the molecule is N#CC1=C2C=CC(Br)=CN2CCC1. The summed E-state index contributed by atoms with van der Waals surface area (Å²) in [7, 11) is 0. The standard InChI is InChI=1S/C10H9BrN2/c11-9-3-4-10-8(6-12)2-1-5-13(10)7-9/h3-4,7H,1-2,5H2. The highest BCUT2D eigenvalue weighted by atomic mass is 79.9. The summed E-state index contributed by atoms with van der Waals surface area (Å²) in [6.07, 6.45) is 8.00. The van der Waals surface area contributed by atoms with Crippen LogP contribution in [0.1, 0.15) is 12.8 Å². The van der Waals surface area contributed by atoms with E-state index in [1.807, 2.05) is 18.4 Å². The Hall–Kier alpha value is -1.01. The van der Waals surface area contributed by atoms with E-state index in [4.69, 9.17) is 5.26 Å². The van der Waals surface area contributed by atoms with Gasteiger partial charge < -0.3 is 4.90 Å². The molecule has 2 rings (SSSR count). The van der Waals surface area contributed by atoms with Crippen molar-refractivity contribution < 1.29 is 0 Å². The zero-order chi connectivity index (χ0) is 9.26. The van der Waals surface area contributed by atoms with Crippen LogP contribution in [0.15, 0.2) is 34.1 Å². The van der Waals surface area contributed by atoms with E-state index in [0.29, 0.717) is 0 Å². The highest BCUT2D eigenvalue weighted by molar-refractivity contribution is 9.11. The fourth-order valence-corrected chi connectivity index (χ4v) is 2.02. The lowest BCUT2D eigenvalue weighted by atomic mass is 10.0. The zero-order valence-electron chi connectivity index (χ0n) is 7.13. The van der Waals surface area contributed by atoms with Crippen molar-refractivity contribution in [2.75, 3.05) is 6.54 Å². The summed E-state index contributed by atoms with van der Waals surface area (Å²) < 4.78 is 1.07. The molecule has 0 saturated heterocycles. The number of hydrogen-bond acceptors (Lipinski definition) is 2. The van der Waals surface area contributed by atoms with E-state index in [9.17, 15) is 0 Å². The van der Waals surface area contributed by atoms with Gasteiger partial charge in [0.1, 0.15) is 0 Å². The summed E-state index contributed by atoms with van der Waals surface area (Å²) in [5, 5.41) is 8.90. The molecule has 2 heterocycles. The minimum atomic E-state index is 0.902. The van der Waals surface area contributed by atoms with Gasteiger partial charge in [-0.3, -0.25) is 0 Å². The van der Waals surface area contributed by atoms with Crippen molar-refractivity contribution in [1.29, 1.82) is 5.26 Å². The van der Waals surface area contributed by atoms with Crippen molar-refractivity contribution in [3.63, 3.8) is 0 Å². The lowest BCUT2D eigenvalue weighted by Gasteiger charge is -2.29. The second kappa shape index (κ2) is 3.39. The van der Waals surface area contributed by atoms with E-state index in [1.165, 1.54) is 0 Å². The Labute approximate surface area is 86.0 Å². The normalized spacial score (nSPS) is 20.9. The van der Waals surface area contributed by atoms with E-state index in [1.54, 1.807) is 0 Å². The largest absolute Gasteiger partial charge is 0.346 e. The van der Waals surface area contributed by atoms with Gasteiger partial charge in [0.15, 0.2) is 0 Å². The lowest BCUT2D eigenvalue weighted by molar-refractivity contribution is 0.432. The minimum Gasteiger partial charge on any atom is -0.346 e. The van der Waals surface area contributed by atoms with Gasteiger partial charge in [-0.25, -0.2) is 0 Å². The van der Waals surface area contributed by atoms with Crippen molar-refractivity contribution in [2.24, 2.45) is 0 Å². The Bertz CT molecular complexity index is 358. The lowest BCUT2D eigenvalue weighted by Crippen LogP contribution is -2.24. The monoisotopic (exact) mass is 236 g/mol. The van der Waals surface area contributed by atoms with E-state index in [0.717, 1.165) is 35.1 Å². The molecule has 0 atom stereocenters. The van der Waals surface area contributed by atoms with Crippen molar-refractivity contribution >= 4 is 15.9 Å². The van der Waals surface area contributed by atoms with Crippen LogP contribution in [0, 0.1) is 11.3 Å². The zero-order valence-corrected chi connectivity index (χ0v) is 8.71. The van der Waals surface area contributed by atoms with E-state index < -0.39 is 0 Å².